The molecular formula is C26H39ClNOPTi. The van der Waals surface area contributed by atoms with E-state index in [4.69, 9.17) is 5.32 Å². The Kier molecular flexibility index (Phi) is 10.3. The molecule has 2 aromatic rings. The minimum atomic E-state index is -0.110. The van der Waals surface area contributed by atoms with E-state index in [0.717, 1.165) is 10.9 Å². The Balaban J connectivity index is 0.00000233. The summed E-state index contributed by atoms with van der Waals surface area (Å²) in [6.07, 6.45) is 0. The summed E-state index contributed by atoms with van der Waals surface area (Å²) < 4.78 is 0. The van der Waals surface area contributed by atoms with Gasteiger partial charge < -0.3 is 10.4 Å². The van der Waals surface area contributed by atoms with E-state index in [2.05, 4.69) is 109 Å². The van der Waals surface area contributed by atoms with Crippen molar-refractivity contribution in [3.63, 3.8) is 0 Å². The van der Waals surface area contributed by atoms with Gasteiger partial charge in [-0.25, -0.2) is 0 Å². The van der Waals surface area contributed by atoms with E-state index in [1.54, 1.807) is 0 Å². The summed E-state index contributed by atoms with van der Waals surface area (Å²) in [5.74, 6) is 0.450. The molecule has 170 valence electrons. The number of benzene rings is 2. The van der Waals surface area contributed by atoms with E-state index in [1.165, 1.54) is 41.4 Å². The summed E-state index contributed by atoms with van der Waals surface area (Å²) in [6, 6.07) is 10.9. The fourth-order valence-corrected chi connectivity index (χ4v) is 4.58. The van der Waals surface area contributed by atoms with Gasteiger partial charge in [-0.1, -0.05) is 101 Å². The molecule has 0 amide bonds. The first-order chi connectivity index (χ1) is 14.1. The summed E-state index contributed by atoms with van der Waals surface area (Å²) in [5.41, 5.74) is 4.69. The van der Waals surface area contributed by atoms with Gasteiger partial charge in [0.05, 0.1) is 0 Å². The van der Waals surface area contributed by atoms with Crippen LogP contribution in [0.4, 0.5) is 0 Å². The van der Waals surface area contributed by atoms with Gasteiger partial charge in [-0.15, -0.1) is 12.1 Å². The molecule has 1 N–H and O–H groups in total. The van der Waals surface area contributed by atoms with E-state index in [-0.39, 0.29) is 16.4 Å². The molecule has 0 saturated carbocycles. The van der Waals surface area contributed by atoms with E-state index in [1.807, 2.05) is 0 Å². The van der Waals surface area contributed by atoms with Gasteiger partial charge in [-0.2, -0.15) is 0 Å². The molecule has 0 aliphatic carbocycles. The van der Waals surface area contributed by atoms with Crippen LogP contribution in [0.1, 0.15) is 84.6 Å². The third kappa shape index (κ3) is 8.49. The average molecular weight is 496 g/mol. The summed E-state index contributed by atoms with van der Waals surface area (Å²) in [7, 11) is 5.05. The first kappa shape index (κ1) is 28.7. The first-order valence-corrected chi connectivity index (χ1v) is 13.9. The van der Waals surface area contributed by atoms with Crippen molar-refractivity contribution in [3.8, 4) is 5.75 Å². The maximum absolute atomic E-state index is 11.2. The van der Waals surface area contributed by atoms with Crippen LogP contribution in [0, 0.1) is 6.92 Å². The number of hydrogen-bond acceptors (Lipinski definition) is 1. The van der Waals surface area contributed by atoms with Gasteiger partial charge in [0.25, 0.3) is 0 Å². The second-order valence-corrected chi connectivity index (χ2v) is 12.4. The summed E-state index contributed by atoms with van der Waals surface area (Å²) in [6.45, 7) is 22.5. The van der Waals surface area contributed by atoms with Crippen LogP contribution in [0.2, 0.25) is 0 Å². The predicted octanol–water partition coefficient (Wildman–Crippen LogP) is 7.28. The molecule has 0 aromatic heterocycles. The number of hydrogen-bond donors (Lipinski definition) is 1. The van der Waals surface area contributed by atoms with Gasteiger partial charge in [-0.3, -0.25) is 0 Å². The summed E-state index contributed by atoms with van der Waals surface area (Å²) in [5, 5.41) is 18.4. The zero-order chi connectivity index (χ0) is 24.2. The fourth-order valence-electron chi connectivity index (χ4n) is 3.23. The van der Waals surface area contributed by atoms with Gasteiger partial charge in [0.2, 0.25) is 0 Å². The van der Waals surface area contributed by atoms with Gasteiger partial charge >= 0.3 is 28.7 Å². The Hall–Kier alpha value is -0.366. The van der Waals surface area contributed by atoms with E-state index in [0.29, 0.717) is 20.9 Å². The standard InChI is InChI=1S/C26H39NOP.ClH.Ti/c1-17-12-11-13-18(16-27-26(8,9)10)23(17)29-21-15-19(24(2,3)4)14-20(22(21)28)25(5,6)7;;/h11-15,28-29H,16H2,1-10H3;1H;/q-1;;+2/p-1. The number of aryl methyl sites for hydroxylation is 1. The molecule has 2 nitrogen and oxygen atoms in total. The molecule has 0 bridgehead atoms. The monoisotopic (exact) mass is 495 g/mol. The molecule has 0 aliphatic heterocycles. The Labute approximate surface area is 208 Å². The fraction of sp³-hybridized carbons (Fsp3) is 0.538. The first-order valence-electron chi connectivity index (χ1n) is 10.7. The Morgan fingerprint density at radius 3 is 2.00 bits per heavy atom. The number of halogens is 1. The molecule has 31 heavy (non-hydrogen) atoms. The molecule has 2 aromatic carbocycles. The Morgan fingerprint density at radius 1 is 0.935 bits per heavy atom. The van der Waals surface area contributed by atoms with Crippen molar-refractivity contribution in [2.75, 3.05) is 0 Å². The second-order valence-electron chi connectivity index (χ2n) is 11.1. The molecule has 5 heteroatoms. The predicted molar refractivity (Wildman–Crippen MR) is 137 cm³/mol. The zero-order valence-corrected chi connectivity index (χ0v) is 24.2. The zero-order valence-electron chi connectivity index (χ0n) is 20.9. The molecule has 2 rings (SSSR count). The topological polar surface area (TPSA) is 34.3 Å². The van der Waals surface area contributed by atoms with Crippen LogP contribution in [0.25, 0.3) is 5.32 Å². The third-order valence-corrected chi connectivity index (χ3v) is 6.74. The molecular weight excluding hydrogens is 457 g/mol. The average Bonchev–Trinajstić information content (AvgIpc) is 2.62. The molecule has 0 radical (unpaired) electrons. The molecule has 0 heterocycles. The van der Waals surface area contributed by atoms with Crippen molar-refractivity contribution < 1.29 is 24.5 Å². The number of phenolic OH excluding ortho intramolecular Hbond substituents is 1. The Morgan fingerprint density at radius 2 is 1.52 bits per heavy atom. The van der Waals surface area contributed by atoms with Crippen LogP contribution in [-0.2, 0) is 36.7 Å². The van der Waals surface area contributed by atoms with Gasteiger partial charge in [0.15, 0.2) is 0 Å². The molecule has 0 spiro atoms. The van der Waals surface area contributed by atoms with Crippen molar-refractivity contribution in [3.05, 3.63) is 57.9 Å². The number of phenols is 1. The molecule has 1 unspecified atom stereocenters. The Bertz CT molecular complexity index is 877. The van der Waals surface area contributed by atoms with Crippen molar-refractivity contribution >= 4 is 28.5 Å². The van der Waals surface area contributed by atoms with Gasteiger partial charge in [0.1, 0.15) is 5.75 Å². The van der Waals surface area contributed by atoms with Crippen LogP contribution in [0.5, 0.6) is 5.75 Å². The van der Waals surface area contributed by atoms with Crippen LogP contribution in [0.3, 0.4) is 0 Å². The van der Waals surface area contributed by atoms with Crippen LogP contribution < -0.4 is 10.6 Å². The van der Waals surface area contributed by atoms with E-state index in [9.17, 15) is 5.11 Å². The van der Waals surface area contributed by atoms with Crippen molar-refractivity contribution in [2.45, 2.75) is 92.2 Å². The second kappa shape index (κ2) is 11.2. The summed E-state index contributed by atoms with van der Waals surface area (Å²) in [4.78, 5) is 0. The van der Waals surface area contributed by atoms with Gasteiger partial charge in [0, 0.05) is 10.9 Å². The molecule has 0 saturated heterocycles. The van der Waals surface area contributed by atoms with Crippen molar-refractivity contribution in [1.82, 2.24) is 0 Å². The van der Waals surface area contributed by atoms with Crippen LogP contribution >= 0.6 is 17.9 Å². The van der Waals surface area contributed by atoms with Gasteiger partial charge in [-0.05, 0) is 40.3 Å². The van der Waals surface area contributed by atoms with Crippen LogP contribution in [-0.4, -0.2) is 10.6 Å². The van der Waals surface area contributed by atoms with Crippen LogP contribution in [0.15, 0.2) is 30.3 Å². The SMILES string of the molecule is Cc1cccc(C[N-]C(C)(C)C)c1Pc1cc(C(C)(C)C)cc(C(C)(C)C)c1O.[Cl][Ti+]. The quantitative estimate of drug-likeness (QED) is 0.351. The molecule has 0 aliphatic rings. The molecule has 1 atom stereocenters. The third-order valence-electron chi connectivity index (χ3n) is 5.13. The number of aromatic hydroxyl groups is 1. The summed E-state index contributed by atoms with van der Waals surface area (Å²) >= 11 is 1.47. The van der Waals surface area contributed by atoms with Crippen molar-refractivity contribution in [1.29, 1.82) is 0 Å². The number of rotatable bonds is 4. The maximum atomic E-state index is 11.2. The van der Waals surface area contributed by atoms with E-state index < -0.39 is 0 Å². The minimum absolute atomic E-state index is 0.0308. The number of nitrogens with zero attached hydrogens (tertiary/aromatic N) is 1. The normalized spacial score (nSPS) is 12.7. The van der Waals surface area contributed by atoms with Crippen molar-refractivity contribution in [2.24, 2.45) is 0 Å². The van der Waals surface area contributed by atoms with E-state index >= 15 is 0 Å². The molecule has 0 fully saturated rings.